The van der Waals surface area contributed by atoms with E-state index in [1.807, 2.05) is 43.0 Å². The van der Waals surface area contributed by atoms with Crippen LogP contribution in [-0.4, -0.2) is 25.1 Å². The Morgan fingerprint density at radius 2 is 2.05 bits per heavy atom. The van der Waals surface area contributed by atoms with Crippen LogP contribution in [0.25, 0.3) is 0 Å². The number of benzene rings is 1. The second-order valence-electron chi connectivity index (χ2n) is 4.69. The van der Waals surface area contributed by atoms with E-state index >= 15 is 0 Å². The molecule has 0 radical (unpaired) electrons. The van der Waals surface area contributed by atoms with E-state index in [0.717, 1.165) is 22.8 Å². The van der Waals surface area contributed by atoms with E-state index in [9.17, 15) is 8.42 Å². The number of aryl methyl sites for hydroxylation is 1. The lowest BCUT2D eigenvalue weighted by Crippen LogP contribution is -2.18. The molecule has 0 atom stereocenters. The van der Waals surface area contributed by atoms with Crippen LogP contribution in [0.1, 0.15) is 19.4 Å². The molecule has 1 aromatic heterocycles. The van der Waals surface area contributed by atoms with Crippen LogP contribution in [0.15, 0.2) is 29.2 Å². The minimum atomic E-state index is -3.41. The molecule has 2 rings (SSSR count). The van der Waals surface area contributed by atoms with Crippen molar-refractivity contribution in [1.29, 1.82) is 0 Å². The zero-order valence-corrected chi connectivity index (χ0v) is 14.0. The molecule has 0 aliphatic carbocycles. The summed E-state index contributed by atoms with van der Waals surface area (Å²) >= 11 is 1.12. The van der Waals surface area contributed by atoms with Gasteiger partial charge >= 0.3 is 0 Å². The van der Waals surface area contributed by atoms with Crippen LogP contribution >= 0.6 is 11.5 Å². The highest BCUT2D eigenvalue weighted by Gasteiger charge is 2.27. The fourth-order valence-electron chi connectivity index (χ4n) is 2.13. The van der Waals surface area contributed by atoms with Gasteiger partial charge in [0.05, 0.1) is 5.75 Å². The minimum absolute atomic E-state index is 0.00792. The van der Waals surface area contributed by atoms with Gasteiger partial charge in [0.15, 0.2) is 15.7 Å². The van der Waals surface area contributed by atoms with Crippen molar-refractivity contribution in [3.63, 3.8) is 0 Å². The lowest BCUT2D eigenvalue weighted by atomic mass is 10.2. The highest BCUT2D eigenvalue weighted by atomic mass is 32.2. The number of nitrogens with two attached hydrogens (primary N) is 1. The van der Waals surface area contributed by atoms with Gasteiger partial charge in [-0.2, -0.15) is 4.37 Å². The lowest BCUT2D eigenvalue weighted by Gasteiger charge is -2.22. The van der Waals surface area contributed by atoms with Gasteiger partial charge in [0.2, 0.25) is 0 Å². The molecule has 2 N–H and O–H groups in total. The van der Waals surface area contributed by atoms with Crippen LogP contribution in [0.4, 0.5) is 16.5 Å². The molecule has 0 unspecified atom stereocenters. The van der Waals surface area contributed by atoms with E-state index in [-0.39, 0.29) is 16.5 Å². The summed E-state index contributed by atoms with van der Waals surface area (Å²) in [5, 5.41) is 0.586. The largest absolute Gasteiger partial charge is 0.382 e. The van der Waals surface area contributed by atoms with E-state index in [1.165, 1.54) is 0 Å². The smallest absolute Gasteiger partial charge is 0.184 e. The Bertz CT molecular complexity index is 738. The number of sulfone groups is 1. The maximum absolute atomic E-state index is 12.3. The molecule has 1 heterocycles. The van der Waals surface area contributed by atoms with Gasteiger partial charge in [-0.25, -0.2) is 8.42 Å². The summed E-state index contributed by atoms with van der Waals surface area (Å²) in [6.07, 6.45) is 0. The molecule has 5 nitrogen and oxygen atoms in total. The fraction of sp³-hybridized carbons (Fsp3) is 0.357. The van der Waals surface area contributed by atoms with Crippen molar-refractivity contribution >= 4 is 37.9 Å². The number of nitrogens with zero attached hydrogens (tertiary/aromatic N) is 2. The number of hydrogen-bond acceptors (Lipinski definition) is 6. The monoisotopic (exact) mass is 325 g/mol. The number of aromatic nitrogens is 1. The Balaban J connectivity index is 2.60. The van der Waals surface area contributed by atoms with Gasteiger partial charge in [0.1, 0.15) is 9.90 Å². The molecule has 0 saturated carbocycles. The van der Waals surface area contributed by atoms with Gasteiger partial charge in [-0.15, -0.1) is 0 Å². The number of anilines is 3. The molecular formula is C14H19N3O2S2. The van der Waals surface area contributed by atoms with Crippen molar-refractivity contribution in [3.05, 3.63) is 29.8 Å². The van der Waals surface area contributed by atoms with Gasteiger partial charge in [-0.3, -0.25) is 0 Å². The Morgan fingerprint density at radius 3 is 2.62 bits per heavy atom. The highest BCUT2D eigenvalue weighted by Crippen LogP contribution is 2.39. The van der Waals surface area contributed by atoms with Crippen molar-refractivity contribution in [2.75, 3.05) is 22.9 Å². The molecule has 0 amide bonds. The molecule has 2 aromatic rings. The van der Waals surface area contributed by atoms with E-state index < -0.39 is 9.84 Å². The Kier molecular flexibility index (Phi) is 4.53. The first-order chi connectivity index (χ1) is 9.90. The van der Waals surface area contributed by atoms with E-state index in [1.54, 1.807) is 6.92 Å². The molecule has 0 spiro atoms. The molecule has 7 heteroatoms. The normalized spacial score (nSPS) is 11.6. The molecule has 0 saturated heterocycles. The minimum Gasteiger partial charge on any atom is -0.382 e. The molecule has 114 valence electrons. The average molecular weight is 325 g/mol. The van der Waals surface area contributed by atoms with E-state index in [4.69, 9.17) is 5.73 Å². The summed E-state index contributed by atoms with van der Waals surface area (Å²) in [7, 11) is -3.41. The number of nitrogen functional groups attached to an aromatic ring is 1. The molecule has 0 bridgehead atoms. The summed E-state index contributed by atoms with van der Waals surface area (Å²) in [6, 6.07) is 7.92. The Hall–Kier alpha value is -1.60. The first-order valence-electron chi connectivity index (χ1n) is 6.72. The molecule has 0 aliphatic heterocycles. The average Bonchev–Trinajstić information content (AvgIpc) is 2.82. The first-order valence-corrected chi connectivity index (χ1v) is 9.15. The summed E-state index contributed by atoms with van der Waals surface area (Å²) in [5.74, 6) is 0.0940. The maximum Gasteiger partial charge on any atom is 0.184 e. The van der Waals surface area contributed by atoms with Crippen molar-refractivity contribution in [3.8, 4) is 0 Å². The standard InChI is InChI=1S/C14H19N3O2S2/c1-4-17(11-8-6-7-10(3)9-11)14-12(13(15)16-20-14)21(18,19)5-2/h6-9H,4-5H2,1-3H3,(H2,15,16). The fourth-order valence-corrected chi connectivity index (χ4v) is 4.51. The number of rotatable bonds is 5. The summed E-state index contributed by atoms with van der Waals surface area (Å²) in [5.41, 5.74) is 7.85. The van der Waals surface area contributed by atoms with Crippen LogP contribution in [0.3, 0.4) is 0 Å². The highest BCUT2D eigenvalue weighted by molar-refractivity contribution is 7.91. The second-order valence-corrected chi connectivity index (χ2v) is 7.66. The van der Waals surface area contributed by atoms with Crippen LogP contribution < -0.4 is 10.6 Å². The third kappa shape index (κ3) is 3.03. The molecule has 0 aliphatic rings. The lowest BCUT2D eigenvalue weighted by molar-refractivity contribution is 0.598. The second kappa shape index (κ2) is 6.03. The van der Waals surface area contributed by atoms with Gasteiger partial charge in [-0.05, 0) is 43.1 Å². The van der Waals surface area contributed by atoms with E-state index in [2.05, 4.69) is 4.37 Å². The SMILES string of the molecule is CCN(c1cccc(C)c1)c1snc(N)c1S(=O)(=O)CC. The first kappa shape index (κ1) is 15.8. The van der Waals surface area contributed by atoms with Crippen LogP contribution in [0, 0.1) is 6.92 Å². The Labute approximate surface area is 129 Å². The molecule has 21 heavy (non-hydrogen) atoms. The van der Waals surface area contributed by atoms with Crippen molar-refractivity contribution in [2.45, 2.75) is 25.7 Å². The molecule has 0 fully saturated rings. The predicted molar refractivity (Wildman–Crippen MR) is 88.1 cm³/mol. The van der Waals surface area contributed by atoms with E-state index in [0.29, 0.717) is 11.5 Å². The van der Waals surface area contributed by atoms with Crippen molar-refractivity contribution in [2.24, 2.45) is 0 Å². The molecular weight excluding hydrogens is 306 g/mol. The van der Waals surface area contributed by atoms with Crippen molar-refractivity contribution < 1.29 is 8.42 Å². The van der Waals surface area contributed by atoms with Gasteiger partial charge < -0.3 is 10.6 Å². The maximum atomic E-state index is 12.3. The quantitative estimate of drug-likeness (QED) is 0.914. The molecule has 1 aromatic carbocycles. The Morgan fingerprint density at radius 1 is 1.33 bits per heavy atom. The van der Waals surface area contributed by atoms with Gasteiger partial charge in [-0.1, -0.05) is 19.1 Å². The van der Waals surface area contributed by atoms with Crippen molar-refractivity contribution in [1.82, 2.24) is 4.37 Å². The predicted octanol–water partition coefficient (Wildman–Crippen LogP) is 2.99. The topological polar surface area (TPSA) is 76.3 Å². The third-order valence-corrected chi connectivity index (χ3v) is 6.02. The van der Waals surface area contributed by atoms with Gasteiger partial charge in [0.25, 0.3) is 0 Å². The zero-order chi connectivity index (χ0) is 15.6. The van der Waals surface area contributed by atoms with Crippen LogP contribution in [-0.2, 0) is 9.84 Å². The zero-order valence-electron chi connectivity index (χ0n) is 12.3. The van der Waals surface area contributed by atoms with Crippen LogP contribution in [0.5, 0.6) is 0 Å². The summed E-state index contributed by atoms with van der Waals surface area (Å²) < 4.78 is 28.6. The number of hydrogen-bond donors (Lipinski definition) is 1. The van der Waals surface area contributed by atoms with Gasteiger partial charge in [0, 0.05) is 12.2 Å². The summed E-state index contributed by atoms with van der Waals surface area (Å²) in [6.45, 7) is 6.22. The third-order valence-electron chi connectivity index (χ3n) is 3.22. The van der Waals surface area contributed by atoms with Crippen LogP contribution in [0.2, 0.25) is 0 Å². The summed E-state index contributed by atoms with van der Waals surface area (Å²) in [4.78, 5) is 2.09.